The number of nitrogens with one attached hydrogen (secondary N) is 1. The Hall–Kier alpha value is -3.03. The number of amides is 1. The second-order valence-corrected chi connectivity index (χ2v) is 12.5. The van der Waals surface area contributed by atoms with E-state index in [1.807, 2.05) is 26.0 Å². The maximum absolute atomic E-state index is 13.7. The molecule has 1 aliphatic rings. The van der Waals surface area contributed by atoms with Gasteiger partial charge in [-0.05, 0) is 87.1 Å². The molecule has 1 N–H and O–H groups in total. The number of sulfonamides is 1. The van der Waals surface area contributed by atoms with E-state index in [9.17, 15) is 13.2 Å². The third kappa shape index (κ3) is 6.33. The number of hydrogen-bond acceptors (Lipinski definition) is 4. The van der Waals surface area contributed by atoms with Gasteiger partial charge in [0.2, 0.25) is 5.91 Å². The number of halogens is 1. The Morgan fingerprint density at radius 2 is 1.66 bits per heavy atom. The zero-order valence-electron chi connectivity index (χ0n) is 22.4. The van der Waals surface area contributed by atoms with Crippen LogP contribution in [0.1, 0.15) is 49.4 Å². The van der Waals surface area contributed by atoms with Crippen LogP contribution in [0.15, 0.2) is 71.6 Å². The highest BCUT2D eigenvalue weighted by atomic mass is 35.5. The number of anilines is 2. The van der Waals surface area contributed by atoms with Gasteiger partial charge in [0.05, 0.1) is 16.6 Å². The second-order valence-electron chi connectivity index (χ2n) is 10.3. The first-order chi connectivity index (χ1) is 18.1. The van der Waals surface area contributed by atoms with Gasteiger partial charge in [-0.25, -0.2) is 8.42 Å². The molecule has 1 atom stereocenters. The summed E-state index contributed by atoms with van der Waals surface area (Å²) >= 11 is 6.33. The minimum absolute atomic E-state index is 0.117. The maximum atomic E-state index is 13.7. The Morgan fingerprint density at radius 3 is 2.29 bits per heavy atom. The number of rotatable bonds is 8. The Balaban J connectivity index is 1.52. The highest BCUT2D eigenvalue weighted by molar-refractivity contribution is 7.92. The van der Waals surface area contributed by atoms with Crippen molar-refractivity contribution in [2.75, 3.05) is 28.8 Å². The van der Waals surface area contributed by atoms with Crippen molar-refractivity contribution in [2.24, 2.45) is 5.92 Å². The van der Waals surface area contributed by atoms with E-state index >= 15 is 0 Å². The second kappa shape index (κ2) is 11.8. The molecule has 1 fully saturated rings. The van der Waals surface area contributed by atoms with Crippen LogP contribution in [-0.4, -0.2) is 34.0 Å². The van der Waals surface area contributed by atoms with Gasteiger partial charge in [-0.2, -0.15) is 0 Å². The van der Waals surface area contributed by atoms with Crippen LogP contribution >= 0.6 is 11.6 Å². The predicted molar refractivity (Wildman–Crippen MR) is 156 cm³/mol. The molecule has 0 spiro atoms. The summed E-state index contributed by atoms with van der Waals surface area (Å²) in [7, 11) is -4.02. The van der Waals surface area contributed by atoms with Crippen molar-refractivity contribution >= 4 is 38.9 Å². The van der Waals surface area contributed by atoms with Crippen LogP contribution in [0.5, 0.6) is 0 Å². The molecule has 0 saturated carbocycles. The van der Waals surface area contributed by atoms with Gasteiger partial charge in [-0.3, -0.25) is 9.10 Å². The molecule has 3 aromatic rings. The van der Waals surface area contributed by atoms with Crippen LogP contribution in [-0.2, 0) is 14.8 Å². The van der Waals surface area contributed by atoms with Gasteiger partial charge in [0, 0.05) is 23.8 Å². The molecule has 1 amide bonds. The molecule has 1 aliphatic heterocycles. The molecule has 0 radical (unpaired) electrons. The molecule has 38 heavy (non-hydrogen) atoms. The van der Waals surface area contributed by atoms with E-state index in [0.717, 1.165) is 34.4 Å². The van der Waals surface area contributed by atoms with Crippen LogP contribution in [0.2, 0.25) is 5.02 Å². The van der Waals surface area contributed by atoms with Crippen molar-refractivity contribution in [3.05, 3.63) is 88.4 Å². The largest absolute Gasteiger partial charge is 0.372 e. The Kier molecular flexibility index (Phi) is 8.68. The zero-order chi connectivity index (χ0) is 27.4. The van der Waals surface area contributed by atoms with Crippen molar-refractivity contribution in [1.29, 1.82) is 0 Å². The summed E-state index contributed by atoms with van der Waals surface area (Å²) in [6, 6.07) is 19.6. The summed E-state index contributed by atoms with van der Waals surface area (Å²) in [5, 5.41) is 3.41. The van der Waals surface area contributed by atoms with Crippen molar-refractivity contribution in [3.63, 3.8) is 0 Å². The number of nitrogens with zero attached hydrogens (tertiary/aromatic N) is 2. The summed E-state index contributed by atoms with van der Waals surface area (Å²) < 4.78 is 28.6. The number of piperidine rings is 1. The highest BCUT2D eigenvalue weighted by Crippen LogP contribution is 2.31. The van der Waals surface area contributed by atoms with Crippen LogP contribution in [0, 0.1) is 19.8 Å². The third-order valence-electron chi connectivity index (χ3n) is 7.32. The number of benzene rings is 3. The van der Waals surface area contributed by atoms with E-state index in [0.29, 0.717) is 16.3 Å². The zero-order valence-corrected chi connectivity index (χ0v) is 24.0. The summed E-state index contributed by atoms with van der Waals surface area (Å²) in [5.41, 5.74) is 4.06. The summed E-state index contributed by atoms with van der Waals surface area (Å²) in [5.74, 6) is 0.368. The number of carbonyl (C=O) groups is 1. The lowest BCUT2D eigenvalue weighted by molar-refractivity contribution is -0.120. The molecule has 1 heterocycles. The van der Waals surface area contributed by atoms with Crippen LogP contribution in [0.25, 0.3) is 0 Å². The minimum atomic E-state index is -4.02. The van der Waals surface area contributed by atoms with Crippen molar-refractivity contribution in [1.82, 2.24) is 5.32 Å². The van der Waals surface area contributed by atoms with E-state index in [1.54, 1.807) is 49.4 Å². The van der Waals surface area contributed by atoms with Crippen molar-refractivity contribution in [3.8, 4) is 0 Å². The lowest BCUT2D eigenvalue weighted by Crippen LogP contribution is -2.42. The standard InChI is InChI=1S/C30H36ClN3O3S/c1-21-8-14-27(15-9-21)38(36,37)34(29-7-5-6-28(31)23(29)3)20-30(35)32-24(4)25-10-12-26(13-11-25)33-18-16-22(2)17-19-33/h5-15,22,24H,16-20H2,1-4H3,(H,32,35). The number of aryl methyl sites for hydroxylation is 1. The van der Waals surface area contributed by atoms with Gasteiger partial charge in [-0.15, -0.1) is 0 Å². The van der Waals surface area contributed by atoms with Crippen LogP contribution in [0.3, 0.4) is 0 Å². The average Bonchev–Trinajstić information content (AvgIpc) is 2.90. The Morgan fingerprint density at radius 1 is 1.03 bits per heavy atom. The van der Waals surface area contributed by atoms with Gasteiger partial charge in [0.25, 0.3) is 10.0 Å². The first-order valence-corrected chi connectivity index (χ1v) is 14.9. The fraction of sp³-hybridized carbons (Fsp3) is 0.367. The van der Waals surface area contributed by atoms with Crippen molar-refractivity contribution in [2.45, 2.75) is 51.5 Å². The smallest absolute Gasteiger partial charge is 0.264 e. The molecule has 4 rings (SSSR count). The van der Waals surface area contributed by atoms with Gasteiger partial charge in [0.1, 0.15) is 6.54 Å². The molecule has 1 unspecified atom stereocenters. The van der Waals surface area contributed by atoms with Gasteiger partial charge in [0.15, 0.2) is 0 Å². The normalized spacial score (nSPS) is 15.2. The van der Waals surface area contributed by atoms with E-state index in [2.05, 4.69) is 29.3 Å². The highest BCUT2D eigenvalue weighted by Gasteiger charge is 2.29. The minimum Gasteiger partial charge on any atom is -0.372 e. The van der Waals surface area contributed by atoms with E-state index < -0.39 is 15.9 Å². The first-order valence-electron chi connectivity index (χ1n) is 13.0. The summed E-state index contributed by atoms with van der Waals surface area (Å²) in [6.07, 6.45) is 2.39. The van der Waals surface area contributed by atoms with Gasteiger partial charge < -0.3 is 10.2 Å². The fourth-order valence-corrected chi connectivity index (χ4v) is 6.39. The summed E-state index contributed by atoms with van der Waals surface area (Å²) in [6.45, 7) is 9.59. The SMILES string of the molecule is Cc1ccc(S(=O)(=O)N(CC(=O)NC(C)c2ccc(N3CCC(C)CC3)cc2)c2cccc(Cl)c2C)cc1. The quantitative estimate of drug-likeness (QED) is 0.357. The lowest BCUT2D eigenvalue weighted by atomic mass is 9.98. The monoisotopic (exact) mass is 553 g/mol. The molecule has 1 saturated heterocycles. The predicted octanol–water partition coefficient (Wildman–Crippen LogP) is 6.27. The molecular formula is C30H36ClN3O3S. The Labute approximate surface area is 231 Å². The van der Waals surface area contributed by atoms with Gasteiger partial charge in [-0.1, -0.05) is 54.4 Å². The fourth-order valence-electron chi connectivity index (χ4n) is 4.74. The number of hydrogen-bond donors (Lipinski definition) is 1. The lowest BCUT2D eigenvalue weighted by Gasteiger charge is -2.32. The third-order valence-corrected chi connectivity index (χ3v) is 9.51. The molecule has 0 aromatic heterocycles. The summed E-state index contributed by atoms with van der Waals surface area (Å²) in [4.78, 5) is 15.7. The molecule has 202 valence electrons. The van der Waals surface area contributed by atoms with Gasteiger partial charge >= 0.3 is 0 Å². The molecular weight excluding hydrogens is 518 g/mol. The average molecular weight is 554 g/mol. The molecule has 0 aliphatic carbocycles. The van der Waals surface area contributed by atoms with Crippen LogP contribution in [0.4, 0.5) is 11.4 Å². The van der Waals surface area contributed by atoms with Crippen molar-refractivity contribution < 1.29 is 13.2 Å². The Bertz CT molecular complexity index is 1370. The molecule has 0 bridgehead atoms. The molecule has 6 nitrogen and oxygen atoms in total. The maximum Gasteiger partial charge on any atom is 0.264 e. The number of carbonyl (C=O) groups excluding carboxylic acids is 1. The molecule has 3 aromatic carbocycles. The van der Waals surface area contributed by atoms with Crippen LogP contribution < -0.4 is 14.5 Å². The van der Waals surface area contributed by atoms with E-state index in [1.165, 1.54) is 18.5 Å². The molecule has 8 heteroatoms. The van der Waals surface area contributed by atoms with E-state index in [4.69, 9.17) is 11.6 Å². The van der Waals surface area contributed by atoms with E-state index in [-0.39, 0.29) is 17.5 Å². The topological polar surface area (TPSA) is 69.7 Å². The first kappa shape index (κ1) is 28.0.